The van der Waals surface area contributed by atoms with Crippen LogP contribution in [0.5, 0.6) is 5.75 Å². The van der Waals surface area contributed by atoms with E-state index in [2.05, 4.69) is 26.3 Å². The zero-order valence-electron chi connectivity index (χ0n) is 48.0. The molecular formula is C63H68N6O17. The molecule has 4 N–H and O–H groups in total. The highest BCUT2D eigenvalue weighted by molar-refractivity contribution is 5.96. The van der Waals surface area contributed by atoms with Crippen molar-refractivity contribution < 1.29 is 81.0 Å². The van der Waals surface area contributed by atoms with E-state index in [0.29, 0.717) is 42.4 Å². The number of esters is 4. The molecule has 23 heteroatoms. The number of anilines is 2. The van der Waals surface area contributed by atoms with Crippen LogP contribution in [0.4, 0.5) is 21.0 Å². The second-order valence-electron chi connectivity index (χ2n) is 20.6. The number of likely N-dealkylation sites (tertiary alicyclic amines) is 1. The van der Waals surface area contributed by atoms with Crippen LogP contribution in [0.25, 0.3) is 17.2 Å². The second-order valence-corrected chi connectivity index (χ2v) is 20.6. The second kappa shape index (κ2) is 30.3. The van der Waals surface area contributed by atoms with Crippen LogP contribution in [-0.4, -0.2) is 134 Å². The van der Waals surface area contributed by atoms with E-state index in [0.717, 1.165) is 87.8 Å². The fourth-order valence-corrected chi connectivity index (χ4v) is 10.4. The van der Waals surface area contributed by atoms with Gasteiger partial charge in [-0.1, -0.05) is 79.6 Å². The number of rotatable bonds is 23. The molecule has 8 rings (SSSR count). The van der Waals surface area contributed by atoms with Gasteiger partial charge in [-0.3, -0.25) is 39.1 Å². The number of ether oxygens (including phenoxy) is 8. The molecular weight excluding hydrogens is 1110 g/mol. The van der Waals surface area contributed by atoms with Gasteiger partial charge in [0, 0.05) is 89.0 Å². The van der Waals surface area contributed by atoms with Gasteiger partial charge < -0.3 is 58.7 Å². The van der Waals surface area contributed by atoms with E-state index in [4.69, 9.17) is 37.9 Å². The van der Waals surface area contributed by atoms with E-state index in [9.17, 15) is 43.2 Å². The van der Waals surface area contributed by atoms with Crippen LogP contribution >= 0.6 is 0 Å². The topological polar surface area (TPSA) is 292 Å². The summed E-state index contributed by atoms with van der Waals surface area (Å²) in [6.07, 6.45) is 0.415. The Bertz CT molecular complexity index is 3250. The summed E-state index contributed by atoms with van der Waals surface area (Å²) < 4.78 is 44.7. The Morgan fingerprint density at radius 1 is 0.698 bits per heavy atom. The lowest BCUT2D eigenvalue weighted by Gasteiger charge is -2.43. The Morgan fingerprint density at radius 2 is 1.40 bits per heavy atom. The van der Waals surface area contributed by atoms with Crippen molar-refractivity contribution in [1.29, 1.82) is 0 Å². The summed E-state index contributed by atoms with van der Waals surface area (Å²) >= 11 is 0. The zero-order valence-corrected chi connectivity index (χ0v) is 48.0. The number of amides is 5. The molecule has 1 aliphatic carbocycles. The van der Waals surface area contributed by atoms with E-state index in [1.807, 2.05) is 54.6 Å². The van der Waals surface area contributed by atoms with Crippen molar-refractivity contribution in [2.45, 2.75) is 103 Å². The van der Waals surface area contributed by atoms with Gasteiger partial charge in [0.1, 0.15) is 19.0 Å². The van der Waals surface area contributed by atoms with Gasteiger partial charge in [-0.15, -0.1) is 0 Å². The molecule has 2 fully saturated rings. The maximum absolute atomic E-state index is 13.7. The highest BCUT2D eigenvalue weighted by Gasteiger charge is 2.56. The van der Waals surface area contributed by atoms with Gasteiger partial charge in [0.05, 0.1) is 12.8 Å². The monoisotopic (exact) mass is 1180 g/mol. The maximum atomic E-state index is 13.7. The number of fused-ring (bicyclic) bond motifs is 3. The van der Waals surface area contributed by atoms with E-state index >= 15 is 0 Å². The van der Waals surface area contributed by atoms with Crippen LogP contribution in [-0.2, 0) is 68.5 Å². The molecule has 5 aromatic rings. The number of benzene rings is 4. The number of unbranched alkanes of at least 4 members (excludes halogenated alkanes) is 1. The molecule has 5 amide bonds. The Kier molecular flexibility index (Phi) is 22.0. The molecule has 0 bridgehead atoms. The summed E-state index contributed by atoms with van der Waals surface area (Å²) in [7, 11) is 1.04. The highest BCUT2D eigenvalue weighted by atomic mass is 16.7. The van der Waals surface area contributed by atoms with Crippen molar-refractivity contribution in [2.75, 3.05) is 50.5 Å². The third-order valence-corrected chi connectivity index (χ3v) is 14.4. The summed E-state index contributed by atoms with van der Waals surface area (Å²) in [6, 6.07) is 30.1. The first kappa shape index (κ1) is 62.4. The first-order valence-electron chi connectivity index (χ1n) is 28.2. The average Bonchev–Trinajstić information content (AvgIpc) is 1.90. The molecule has 2 saturated heterocycles. The van der Waals surface area contributed by atoms with Crippen molar-refractivity contribution in [3.63, 3.8) is 0 Å². The molecule has 3 aliphatic rings. The summed E-state index contributed by atoms with van der Waals surface area (Å²) in [5.74, 6) is -4.70. The standard InChI is InChI=1S/C63H68N6O17/c1-38(70)82-55-56(83-39(2)71)58(84-40(3)72)61(86-57(55)60(76)79-4)85-52-23-21-43(33-51(52)68-54(74)25-30-66-62(77)81-37-50-48-19-7-5-17-46(48)47-18-6-8-20-49(47)50)36-80-63(78)67-45-16-11-15-44(34-45)59(75)69-31-26-41(27-32-69)13-9-10-29-65-53(73)24-22-42-14-12-28-64-35-42/h5-8,11-12,14-24,28,33-35,41,50,55-58,61H,9-10,13,25-27,29-32,36-37H2,1-4H3,(H,65,73)(H,66,77)(H,67,78)(H,68,74)/b24-22+/t55-,56-,57-,58+,61+/m0/s1. The normalized spacial score (nSPS) is 18.0. The number of nitrogens with zero attached hydrogens (tertiary/aromatic N) is 2. The number of hydrogen-bond donors (Lipinski definition) is 4. The SMILES string of the molecule is COC(=O)[C@H]1O[C@@H](Oc2ccc(COC(=O)Nc3cccc(C(=O)N4CCC(CCCCNC(=O)/C=C/c5cccnc5)CC4)c3)cc2NC(=O)CCNC(=O)OCC2c3ccccc3-c3ccccc32)[C@H](OC(C)=O)[C@@H](OC(C)=O)[C@@H]1OC(C)=O. The lowest BCUT2D eigenvalue weighted by atomic mass is 9.91. The predicted octanol–water partition coefficient (Wildman–Crippen LogP) is 7.62. The lowest BCUT2D eigenvalue weighted by Crippen LogP contribution is -2.64. The number of carbonyl (C=O) groups is 9. The molecule has 2 aliphatic heterocycles. The first-order valence-corrected chi connectivity index (χ1v) is 28.2. The molecule has 86 heavy (non-hydrogen) atoms. The Hall–Kier alpha value is -9.64. The van der Waals surface area contributed by atoms with Crippen LogP contribution in [0.3, 0.4) is 0 Å². The van der Waals surface area contributed by atoms with E-state index in [-0.39, 0.29) is 55.3 Å². The fourth-order valence-electron chi connectivity index (χ4n) is 10.4. The van der Waals surface area contributed by atoms with Crippen LogP contribution in [0.1, 0.15) is 97.8 Å². The number of hydrogen-bond acceptors (Lipinski definition) is 18. The molecule has 5 atom stereocenters. The van der Waals surface area contributed by atoms with Crippen LogP contribution in [0.2, 0.25) is 0 Å². The summed E-state index contributed by atoms with van der Waals surface area (Å²) in [4.78, 5) is 122. The average molecular weight is 1180 g/mol. The van der Waals surface area contributed by atoms with Gasteiger partial charge >= 0.3 is 36.1 Å². The maximum Gasteiger partial charge on any atom is 0.411 e. The smallest absolute Gasteiger partial charge is 0.411 e. The molecule has 0 spiro atoms. The van der Waals surface area contributed by atoms with Gasteiger partial charge in [0.25, 0.3) is 5.91 Å². The van der Waals surface area contributed by atoms with Crippen molar-refractivity contribution in [2.24, 2.45) is 5.92 Å². The molecule has 1 aromatic heterocycles. The third kappa shape index (κ3) is 17.2. The Morgan fingerprint density at radius 3 is 2.08 bits per heavy atom. The van der Waals surface area contributed by atoms with Crippen molar-refractivity contribution in [3.8, 4) is 16.9 Å². The van der Waals surface area contributed by atoms with Gasteiger partial charge in [-0.05, 0) is 101 Å². The van der Waals surface area contributed by atoms with Crippen molar-refractivity contribution in [1.82, 2.24) is 20.5 Å². The number of alkyl carbamates (subject to hydrolysis) is 1. The summed E-state index contributed by atoms with van der Waals surface area (Å²) in [5, 5.41) is 10.9. The van der Waals surface area contributed by atoms with Gasteiger partial charge in [0.15, 0.2) is 18.3 Å². The minimum atomic E-state index is -1.80. The predicted molar refractivity (Wildman–Crippen MR) is 310 cm³/mol. The highest BCUT2D eigenvalue weighted by Crippen LogP contribution is 2.44. The molecule has 4 aromatic carbocycles. The number of aromatic nitrogens is 1. The molecule has 452 valence electrons. The number of methoxy groups -OCH3 is 1. The minimum Gasteiger partial charge on any atom is -0.467 e. The molecule has 23 nitrogen and oxygen atoms in total. The molecule has 0 radical (unpaired) electrons. The minimum absolute atomic E-state index is 0.0428. The largest absolute Gasteiger partial charge is 0.467 e. The van der Waals surface area contributed by atoms with Gasteiger partial charge in [-0.2, -0.15) is 0 Å². The van der Waals surface area contributed by atoms with Crippen LogP contribution in [0.15, 0.2) is 122 Å². The van der Waals surface area contributed by atoms with E-state index in [1.54, 1.807) is 53.7 Å². The van der Waals surface area contributed by atoms with E-state index < -0.39 is 72.7 Å². The Labute approximate surface area is 496 Å². The number of carbonyl (C=O) groups excluding carboxylic acids is 9. The number of nitrogens with one attached hydrogen (secondary N) is 4. The zero-order chi connectivity index (χ0) is 61.1. The lowest BCUT2D eigenvalue weighted by molar-refractivity contribution is -0.282. The fraction of sp³-hybridized carbons (Fsp3) is 0.365. The van der Waals surface area contributed by atoms with Crippen LogP contribution < -0.4 is 26.0 Å². The first-order chi connectivity index (χ1) is 41.5. The number of pyridine rings is 1. The number of piperidine rings is 1. The Balaban J connectivity index is 0.887. The molecule has 0 saturated carbocycles. The molecule has 0 unspecified atom stereocenters. The van der Waals surface area contributed by atoms with Crippen molar-refractivity contribution in [3.05, 3.63) is 149 Å². The molecule has 3 heterocycles. The summed E-state index contributed by atoms with van der Waals surface area (Å²) in [6.45, 7) is 4.33. The van der Waals surface area contributed by atoms with Crippen LogP contribution in [0, 0.1) is 5.92 Å². The summed E-state index contributed by atoms with van der Waals surface area (Å²) in [5.41, 5.74) is 5.91. The van der Waals surface area contributed by atoms with Gasteiger partial charge in [-0.25, -0.2) is 14.4 Å². The van der Waals surface area contributed by atoms with Crippen molar-refractivity contribution >= 4 is 71.2 Å². The van der Waals surface area contributed by atoms with E-state index in [1.165, 1.54) is 24.3 Å². The third-order valence-electron chi connectivity index (χ3n) is 14.4. The van der Waals surface area contributed by atoms with Gasteiger partial charge in [0.2, 0.25) is 24.2 Å². The quantitative estimate of drug-likeness (QED) is 0.0212.